The third-order valence-corrected chi connectivity index (χ3v) is 3.92. The quantitative estimate of drug-likeness (QED) is 0.849. The van der Waals surface area contributed by atoms with E-state index in [4.69, 9.17) is 5.73 Å². The van der Waals surface area contributed by atoms with Crippen molar-refractivity contribution in [1.82, 2.24) is 4.90 Å². The molecule has 0 aromatic carbocycles. The third kappa shape index (κ3) is 4.93. The number of nitrogens with two attached hydrogens (primary N) is 1. The maximum absolute atomic E-state index is 11.8. The lowest BCUT2D eigenvalue weighted by Crippen LogP contribution is -2.44. The molecule has 1 aliphatic heterocycles. The van der Waals surface area contributed by atoms with Crippen LogP contribution in [-0.4, -0.2) is 40.9 Å². The van der Waals surface area contributed by atoms with Crippen LogP contribution < -0.4 is 5.73 Å². The van der Waals surface area contributed by atoms with E-state index in [1.807, 2.05) is 16.7 Å². The van der Waals surface area contributed by atoms with Crippen molar-refractivity contribution in [3.8, 4) is 0 Å². The smallest absolute Gasteiger partial charge is 0.239 e. The summed E-state index contributed by atoms with van der Waals surface area (Å²) in [7, 11) is 0. The Labute approximate surface area is 109 Å². The predicted molar refractivity (Wildman–Crippen MR) is 73.2 cm³/mol. The monoisotopic (exact) mass is 266 g/mol. The second kappa shape index (κ2) is 8.20. The van der Waals surface area contributed by atoms with E-state index in [2.05, 4.69) is 6.92 Å². The SMILES string of the molecule is CCSC1CCCCN(C(=O)[C@@H](C)N)C1.Cl. The highest BCUT2D eigenvalue weighted by molar-refractivity contribution is 7.99. The lowest BCUT2D eigenvalue weighted by Gasteiger charge is -2.25. The second-order valence-corrected chi connectivity index (χ2v) is 5.72. The Kier molecular flexibility index (Phi) is 8.24. The van der Waals surface area contributed by atoms with E-state index < -0.39 is 0 Å². The average Bonchev–Trinajstić information content (AvgIpc) is 2.42. The fourth-order valence-corrected chi connectivity index (χ4v) is 3.05. The first kappa shape index (κ1) is 16.1. The van der Waals surface area contributed by atoms with Gasteiger partial charge in [0.05, 0.1) is 6.04 Å². The minimum Gasteiger partial charge on any atom is -0.340 e. The predicted octanol–water partition coefficient (Wildman–Crippen LogP) is 1.89. The molecule has 1 heterocycles. The van der Waals surface area contributed by atoms with Crippen molar-refractivity contribution in [2.75, 3.05) is 18.8 Å². The molecule has 2 atom stereocenters. The van der Waals surface area contributed by atoms with Crippen molar-refractivity contribution in [2.45, 2.75) is 44.4 Å². The Morgan fingerprint density at radius 2 is 2.25 bits per heavy atom. The van der Waals surface area contributed by atoms with E-state index in [1.165, 1.54) is 12.8 Å². The minimum atomic E-state index is -0.352. The molecule has 1 saturated heterocycles. The summed E-state index contributed by atoms with van der Waals surface area (Å²) in [6.45, 7) is 5.72. The lowest BCUT2D eigenvalue weighted by molar-refractivity contribution is -0.132. The zero-order chi connectivity index (χ0) is 11.3. The van der Waals surface area contributed by atoms with Crippen molar-refractivity contribution >= 4 is 30.1 Å². The molecule has 1 fully saturated rings. The molecule has 0 aliphatic carbocycles. The number of thioether (sulfide) groups is 1. The van der Waals surface area contributed by atoms with Crippen molar-refractivity contribution in [3.05, 3.63) is 0 Å². The summed E-state index contributed by atoms with van der Waals surface area (Å²) in [5, 5.41) is 0.611. The molecule has 0 aromatic heterocycles. The lowest BCUT2D eigenvalue weighted by atomic mass is 10.2. The number of halogens is 1. The molecule has 0 aromatic rings. The largest absolute Gasteiger partial charge is 0.340 e. The standard InChI is InChI=1S/C11H22N2OS.ClH/c1-3-15-10-6-4-5-7-13(8-10)11(14)9(2)12;/h9-10H,3-8,12H2,1-2H3;1H/t9-,10?;/m1./s1. The van der Waals surface area contributed by atoms with Gasteiger partial charge in [0.25, 0.3) is 0 Å². The number of hydrogen-bond donors (Lipinski definition) is 1. The number of hydrogen-bond acceptors (Lipinski definition) is 3. The molecule has 1 unspecified atom stereocenters. The summed E-state index contributed by atoms with van der Waals surface area (Å²) in [6, 6.07) is -0.352. The number of amides is 1. The first-order valence-electron chi connectivity index (χ1n) is 5.81. The molecule has 2 N–H and O–H groups in total. The van der Waals surface area contributed by atoms with Crippen LogP contribution in [0, 0.1) is 0 Å². The van der Waals surface area contributed by atoms with Gasteiger partial charge in [-0.3, -0.25) is 4.79 Å². The van der Waals surface area contributed by atoms with E-state index in [0.717, 1.165) is 25.3 Å². The van der Waals surface area contributed by atoms with Crippen molar-refractivity contribution in [2.24, 2.45) is 5.73 Å². The number of carbonyl (C=O) groups is 1. The summed E-state index contributed by atoms with van der Waals surface area (Å²) in [4.78, 5) is 13.7. The molecule has 0 spiro atoms. The summed E-state index contributed by atoms with van der Waals surface area (Å²) in [5.41, 5.74) is 5.64. The van der Waals surface area contributed by atoms with Crippen molar-refractivity contribution in [1.29, 1.82) is 0 Å². The Morgan fingerprint density at radius 1 is 1.56 bits per heavy atom. The van der Waals surface area contributed by atoms with Gasteiger partial charge in [-0.2, -0.15) is 11.8 Å². The number of rotatable bonds is 3. The van der Waals surface area contributed by atoms with Gasteiger partial charge in [-0.05, 0) is 25.5 Å². The topological polar surface area (TPSA) is 46.3 Å². The van der Waals surface area contributed by atoms with Crippen LogP contribution in [0.25, 0.3) is 0 Å². The number of likely N-dealkylation sites (tertiary alicyclic amines) is 1. The van der Waals surface area contributed by atoms with Gasteiger partial charge in [-0.1, -0.05) is 13.3 Å². The normalized spacial score (nSPS) is 23.2. The maximum atomic E-state index is 11.8. The molecule has 5 heteroatoms. The fourth-order valence-electron chi connectivity index (χ4n) is 1.96. The molecule has 0 bridgehead atoms. The molecule has 1 rings (SSSR count). The van der Waals surface area contributed by atoms with Crippen LogP contribution in [0.5, 0.6) is 0 Å². The zero-order valence-electron chi connectivity index (χ0n) is 10.1. The molecule has 1 amide bonds. The van der Waals surface area contributed by atoms with Gasteiger partial charge in [0.1, 0.15) is 0 Å². The minimum absolute atomic E-state index is 0. The van der Waals surface area contributed by atoms with Gasteiger partial charge in [0.2, 0.25) is 5.91 Å². The van der Waals surface area contributed by atoms with E-state index >= 15 is 0 Å². The number of carbonyl (C=O) groups excluding carboxylic acids is 1. The molecule has 1 aliphatic rings. The second-order valence-electron chi connectivity index (χ2n) is 4.15. The molecule has 3 nitrogen and oxygen atoms in total. The van der Waals surface area contributed by atoms with Gasteiger partial charge in [0.15, 0.2) is 0 Å². The average molecular weight is 267 g/mol. The van der Waals surface area contributed by atoms with Gasteiger partial charge >= 0.3 is 0 Å². The first-order valence-corrected chi connectivity index (χ1v) is 6.86. The number of nitrogens with zero attached hydrogens (tertiary/aromatic N) is 1. The van der Waals surface area contributed by atoms with Crippen LogP contribution in [0.15, 0.2) is 0 Å². The van der Waals surface area contributed by atoms with Crippen molar-refractivity contribution < 1.29 is 4.79 Å². The molecule has 16 heavy (non-hydrogen) atoms. The third-order valence-electron chi connectivity index (χ3n) is 2.73. The summed E-state index contributed by atoms with van der Waals surface area (Å²) >= 11 is 1.96. The maximum Gasteiger partial charge on any atom is 0.239 e. The highest BCUT2D eigenvalue weighted by atomic mass is 35.5. The van der Waals surface area contributed by atoms with Crippen LogP contribution >= 0.6 is 24.2 Å². The fraction of sp³-hybridized carbons (Fsp3) is 0.909. The summed E-state index contributed by atoms with van der Waals surface area (Å²) < 4.78 is 0. The van der Waals surface area contributed by atoms with Crippen LogP contribution in [0.4, 0.5) is 0 Å². The first-order chi connectivity index (χ1) is 7.15. The highest BCUT2D eigenvalue weighted by Crippen LogP contribution is 2.22. The van der Waals surface area contributed by atoms with E-state index in [-0.39, 0.29) is 24.4 Å². The van der Waals surface area contributed by atoms with Gasteiger partial charge < -0.3 is 10.6 Å². The summed E-state index contributed by atoms with van der Waals surface area (Å²) in [5.74, 6) is 1.24. The Morgan fingerprint density at radius 3 is 2.81 bits per heavy atom. The van der Waals surface area contributed by atoms with Crippen LogP contribution in [0.3, 0.4) is 0 Å². The Balaban J connectivity index is 0.00000225. The molecule has 96 valence electrons. The van der Waals surface area contributed by atoms with Crippen LogP contribution in [-0.2, 0) is 4.79 Å². The molecular formula is C11H23ClN2OS. The van der Waals surface area contributed by atoms with Gasteiger partial charge in [-0.25, -0.2) is 0 Å². The zero-order valence-corrected chi connectivity index (χ0v) is 11.8. The van der Waals surface area contributed by atoms with E-state index in [0.29, 0.717) is 5.25 Å². The van der Waals surface area contributed by atoms with E-state index in [1.54, 1.807) is 6.92 Å². The van der Waals surface area contributed by atoms with Crippen LogP contribution in [0.1, 0.15) is 33.1 Å². The molecular weight excluding hydrogens is 244 g/mol. The van der Waals surface area contributed by atoms with Crippen LogP contribution in [0.2, 0.25) is 0 Å². The van der Waals surface area contributed by atoms with Crippen molar-refractivity contribution in [3.63, 3.8) is 0 Å². The molecule has 0 saturated carbocycles. The highest BCUT2D eigenvalue weighted by Gasteiger charge is 2.23. The van der Waals surface area contributed by atoms with E-state index in [9.17, 15) is 4.79 Å². The Bertz CT molecular complexity index is 214. The van der Waals surface area contributed by atoms with Gasteiger partial charge in [-0.15, -0.1) is 12.4 Å². The van der Waals surface area contributed by atoms with Gasteiger partial charge in [0, 0.05) is 18.3 Å². The Hall–Kier alpha value is 0.0700. The summed E-state index contributed by atoms with van der Waals surface area (Å²) in [6.07, 6.45) is 3.60. The molecule has 0 radical (unpaired) electrons.